The largest absolute Gasteiger partial charge is 0.479 e. The predicted molar refractivity (Wildman–Crippen MR) is 52.3 cm³/mol. The van der Waals surface area contributed by atoms with E-state index in [1.807, 2.05) is 0 Å². The Hall–Kier alpha value is -0.480. The van der Waals surface area contributed by atoms with Gasteiger partial charge in [-0.05, 0) is 30.6 Å². The summed E-state index contributed by atoms with van der Waals surface area (Å²) in [5, 5.41) is 8.95. The predicted octanol–water partition coefficient (Wildman–Crippen LogP) is 1.69. The number of hydrogen-bond donors (Lipinski definition) is 2. The zero-order valence-corrected chi connectivity index (χ0v) is 8.19. The van der Waals surface area contributed by atoms with Crippen molar-refractivity contribution in [2.24, 2.45) is 5.73 Å². The standard InChI is InChI=1S/C9H13NO2S/c10-9(8(11)12)5-6-3-1-2-4-7(6)13-9/h1-5,10H2,(H,11,12). The van der Waals surface area contributed by atoms with Crippen LogP contribution in [0.4, 0.5) is 0 Å². The summed E-state index contributed by atoms with van der Waals surface area (Å²) < 4.78 is 0. The first-order valence-corrected chi connectivity index (χ1v) is 5.36. The lowest BCUT2D eigenvalue weighted by molar-refractivity contribution is -0.139. The van der Waals surface area contributed by atoms with E-state index in [4.69, 9.17) is 10.8 Å². The molecular weight excluding hydrogens is 186 g/mol. The Morgan fingerprint density at radius 1 is 1.46 bits per heavy atom. The van der Waals surface area contributed by atoms with Crippen molar-refractivity contribution >= 4 is 17.7 Å². The maximum absolute atomic E-state index is 10.9. The normalized spacial score (nSPS) is 33.3. The summed E-state index contributed by atoms with van der Waals surface area (Å²) in [7, 11) is 0. The summed E-state index contributed by atoms with van der Waals surface area (Å²) in [6, 6.07) is 0. The number of carbonyl (C=O) groups is 1. The van der Waals surface area contributed by atoms with E-state index in [1.54, 1.807) is 0 Å². The maximum atomic E-state index is 10.9. The van der Waals surface area contributed by atoms with Gasteiger partial charge >= 0.3 is 5.97 Å². The average Bonchev–Trinajstić information content (AvgIpc) is 2.42. The smallest absolute Gasteiger partial charge is 0.334 e. The highest BCUT2D eigenvalue weighted by Crippen LogP contribution is 2.49. The van der Waals surface area contributed by atoms with Crippen LogP contribution < -0.4 is 5.73 Å². The molecule has 0 aromatic heterocycles. The van der Waals surface area contributed by atoms with Gasteiger partial charge in [0, 0.05) is 6.42 Å². The third kappa shape index (κ3) is 1.48. The van der Waals surface area contributed by atoms with Gasteiger partial charge in [-0.3, -0.25) is 0 Å². The first kappa shape index (κ1) is 9.09. The summed E-state index contributed by atoms with van der Waals surface area (Å²) >= 11 is 1.36. The van der Waals surface area contributed by atoms with Gasteiger partial charge in [0.15, 0.2) is 4.87 Å². The number of carboxylic acids is 1. The molecule has 1 heterocycles. The molecule has 1 aliphatic carbocycles. The lowest BCUT2D eigenvalue weighted by atomic mass is 9.95. The quantitative estimate of drug-likeness (QED) is 0.674. The van der Waals surface area contributed by atoms with E-state index in [-0.39, 0.29) is 0 Å². The lowest BCUT2D eigenvalue weighted by Crippen LogP contribution is -2.42. The minimum Gasteiger partial charge on any atom is -0.479 e. The highest BCUT2D eigenvalue weighted by atomic mass is 32.2. The summed E-state index contributed by atoms with van der Waals surface area (Å²) in [5.74, 6) is -0.882. The Balaban J connectivity index is 2.17. The molecular formula is C9H13NO2S. The van der Waals surface area contributed by atoms with Crippen LogP contribution in [0.25, 0.3) is 0 Å². The van der Waals surface area contributed by atoms with Crippen LogP contribution in [0.3, 0.4) is 0 Å². The van der Waals surface area contributed by atoms with Gasteiger partial charge in [-0.2, -0.15) is 0 Å². The third-order valence-electron chi connectivity index (χ3n) is 2.67. The van der Waals surface area contributed by atoms with Crippen molar-refractivity contribution in [1.29, 1.82) is 0 Å². The molecule has 1 atom stereocenters. The van der Waals surface area contributed by atoms with Gasteiger partial charge in [-0.1, -0.05) is 17.3 Å². The molecule has 13 heavy (non-hydrogen) atoms. The summed E-state index contributed by atoms with van der Waals surface area (Å²) in [6.07, 6.45) is 5.00. The highest BCUT2D eigenvalue weighted by Gasteiger charge is 2.43. The second-order valence-electron chi connectivity index (χ2n) is 3.71. The molecule has 0 spiro atoms. The molecule has 0 saturated heterocycles. The Bertz CT molecular complexity index is 267. The lowest BCUT2D eigenvalue weighted by Gasteiger charge is -2.16. The summed E-state index contributed by atoms with van der Waals surface area (Å²) in [5.41, 5.74) is 7.08. The molecule has 3 nitrogen and oxygen atoms in total. The van der Waals surface area contributed by atoms with E-state index in [9.17, 15) is 4.79 Å². The van der Waals surface area contributed by atoms with Crippen molar-refractivity contribution in [3.8, 4) is 0 Å². The highest BCUT2D eigenvalue weighted by molar-refractivity contribution is 8.05. The molecule has 0 fully saturated rings. The van der Waals surface area contributed by atoms with Crippen molar-refractivity contribution in [2.45, 2.75) is 37.0 Å². The number of allylic oxidation sites excluding steroid dienone is 1. The van der Waals surface area contributed by atoms with E-state index in [1.165, 1.54) is 35.1 Å². The van der Waals surface area contributed by atoms with Crippen molar-refractivity contribution in [3.05, 3.63) is 10.5 Å². The van der Waals surface area contributed by atoms with Crippen LogP contribution in [0, 0.1) is 0 Å². The van der Waals surface area contributed by atoms with Crippen LogP contribution in [-0.2, 0) is 4.79 Å². The fourth-order valence-electron chi connectivity index (χ4n) is 1.94. The molecule has 0 bridgehead atoms. The maximum Gasteiger partial charge on any atom is 0.334 e. The Morgan fingerprint density at radius 3 is 2.77 bits per heavy atom. The van der Waals surface area contributed by atoms with E-state index in [2.05, 4.69) is 0 Å². The Morgan fingerprint density at radius 2 is 2.15 bits per heavy atom. The van der Waals surface area contributed by atoms with Gasteiger partial charge in [0.25, 0.3) is 0 Å². The Kier molecular flexibility index (Phi) is 2.12. The van der Waals surface area contributed by atoms with E-state index in [0.717, 1.165) is 12.8 Å². The van der Waals surface area contributed by atoms with E-state index in [0.29, 0.717) is 6.42 Å². The fraction of sp³-hybridized carbons (Fsp3) is 0.667. The first-order valence-electron chi connectivity index (χ1n) is 4.54. The van der Waals surface area contributed by atoms with Gasteiger partial charge in [-0.15, -0.1) is 0 Å². The van der Waals surface area contributed by atoms with Gasteiger partial charge in [-0.25, -0.2) is 4.79 Å². The van der Waals surface area contributed by atoms with Crippen LogP contribution in [0.1, 0.15) is 32.1 Å². The molecule has 2 rings (SSSR count). The van der Waals surface area contributed by atoms with Crippen molar-refractivity contribution in [3.63, 3.8) is 0 Å². The number of hydrogen-bond acceptors (Lipinski definition) is 3. The van der Waals surface area contributed by atoms with Crippen LogP contribution >= 0.6 is 11.8 Å². The molecule has 0 amide bonds. The number of rotatable bonds is 1. The van der Waals surface area contributed by atoms with Crippen molar-refractivity contribution in [2.75, 3.05) is 0 Å². The number of aliphatic carboxylic acids is 1. The molecule has 72 valence electrons. The van der Waals surface area contributed by atoms with Gasteiger partial charge < -0.3 is 10.8 Å². The monoisotopic (exact) mass is 199 g/mol. The molecule has 4 heteroatoms. The minimum absolute atomic E-state index is 0.544. The molecule has 1 unspecified atom stereocenters. The second kappa shape index (κ2) is 3.03. The molecule has 2 aliphatic rings. The van der Waals surface area contributed by atoms with Crippen LogP contribution in [-0.4, -0.2) is 15.9 Å². The summed E-state index contributed by atoms with van der Waals surface area (Å²) in [4.78, 5) is 11.1. The molecule has 1 aliphatic heterocycles. The van der Waals surface area contributed by atoms with Crippen molar-refractivity contribution < 1.29 is 9.90 Å². The zero-order chi connectivity index (χ0) is 9.47. The Labute approximate surface area is 81.4 Å². The second-order valence-corrected chi connectivity index (χ2v) is 5.13. The molecule has 0 radical (unpaired) electrons. The van der Waals surface area contributed by atoms with Crippen molar-refractivity contribution in [1.82, 2.24) is 0 Å². The van der Waals surface area contributed by atoms with Gasteiger partial charge in [0.1, 0.15) is 0 Å². The molecule has 0 aromatic carbocycles. The van der Waals surface area contributed by atoms with Crippen LogP contribution in [0.2, 0.25) is 0 Å². The number of nitrogens with two attached hydrogens (primary N) is 1. The number of carboxylic acid groups (broad SMARTS) is 1. The van der Waals surface area contributed by atoms with Crippen LogP contribution in [0.5, 0.6) is 0 Å². The average molecular weight is 199 g/mol. The molecule has 3 N–H and O–H groups in total. The minimum atomic E-state index is -1.06. The van der Waals surface area contributed by atoms with Gasteiger partial charge in [0.05, 0.1) is 0 Å². The summed E-state index contributed by atoms with van der Waals surface area (Å²) in [6.45, 7) is 0. The van der Waals surface area contributed by atoms with Crippen LogP contribution in [0.15, 0.2) is 10.5 Å². The van der Waals surface area contributed by atoms with E-state index >= 15 is 0 Å². The zero-order valence-electron chi connectivity index (χ0n) is 7.38. The molecule has 0 aromatic rings. The van der Waals surface area contributed by atoms with Gasteiger partial charge in [0.2, 0.25) is 0 Å². The van der Waals surface area contributed by atoms with E-state index < -0.39 is 10.8 Å². The number of thioether (sulfide) groups is 1. The first-order chi connectivity index (χ1) is 6.12. The third-order valence-corrected chi connectivity index (χ3v) is 4.09. The molecule has 0 saturated carbocycles. The topological polar surface area (TPSA) is 63.3 Å². The SMILES string of the molecule is NC1(C(=O)O)CC2=C(CCCC2)S1. The fourth-order valence-corrected chi connectivity index (χ4v) is 3.28.